The number of halogens is 1. The smallest absolute Gasteiger partial charge is 0.161 e. The lowest BCUT2D eigenvalue weighted by molar-refractivity contribution is 1.04. The third-order valence-corrected chi connectivity index (χ3v) is 2.86. The molecule has 2 nitrogen and oxygen atoms in total. The maximum atomic E-state index is 6.16. The summed E-state index contributed by atoms with van der Waals surface area (Å²) < 4.78 is 0. The van der Waals surface area contributed by atoms with E-state index in [4.69, 9.17) is 11.6 Å². The van der Waals surface area contributed by atoms with Gasteiger partial charge in [-0.3, -0.25) is 0 Å². The van der Waals surface area contributed by atoms with Crippen LogP contribution in [0.3, 0.4) is 0 Å². The summed E-state index contributed by atoms with van der Waals surface area (Å²) in [5, 5.41) is 0.510. The summed E-state index contributed by atoms with van der Waals surface area (Å²) in [4.78, 5) is 8.81. The van der Waals surface area contributed by atoms with Crippen LogP contribution >= 0.6 is 11.6 Å². The first kappa shape index (κ1) is 11.8. The van der Waals surface area contributed by atoms with Crippen LogP contribution < -0.4 is 0 Å². The molecule has 0 aliphatic carbocycles. The Bertz CT molecular complexity index is 512. The zero-order chi connectivity index (χ0) is 12.3. The van der Waals surface area contributed by atoms with Gasteiger partial charge in [-0.1, -0.05) is 48.0 Å². The first-order chi connectivity index (χ1) is 8.22. The molecule has 0 atom stereocenters. The maximum absolute atomic E-state index is 6.16. The summed E-state index contributed by atoms with van der Waals surface area (Å²) in [5.74, 6) is 0.668. The van der Waals surface area contributed by atoms with E-state index >= 15 is 0 Å². The van der Waals surface area contributed by atoms with Crippen molar-refractivity contribution in [3.63, 3.8) is 0 Å². The van der Waals surface area contributed by atoms with Crippen LogP contribution in [0.5, 0.6) is 0 Å². The second-order valence-corrected chi connectivity index (χ2v) is 4.12. The van der Waals surface area contributed by atoms with Gasteiger partial charge < -0.3 is 0 Å². The van der Waals surface area contributed by atoms with Crippen molar-refractivity contribution in [2.45, 2.75) is 13.3 Å². The molecule has 1 aromatic carbocycles. The van der Waals surface area contributed by atoms with Crippen LogP contribution in [0.25, 0.3) is 11.4 Å². The van der Waals surface area contributed by atoms with Gasteiger partial charge in [0.1, 0.15) is 5.15 Å². The van der Waals surface area contributed by atoms with E-state index in [9.17, 15) is 0 Å². The predicted molar refractivity (Wildman–Crippen MR) is 71.1 cm³/mol. The van der Waals surface area contributed by atoms with E-state index < -0.39 is 0 Å². The first-order valence-electron chi connectivity index (χ1n) is 5.41. The molecule has 2 rings (SSSR count). The zero-order valence-electron chi connectivity index (χ0n) is 9.65. The molecular formula is C14H13ClN2. The fourth-order valence-electron chi connectivity index (χ4n) is 1.65. The van der Waals surface area contributed by atoms with Crippen molar-refractivity contribution >= 4 is 11.6 Å². The Labute approximate surface area is 106 Å². The predicted octanol–water partition coefficient (Wildman–Crippen LogP) is 3.83. The summed E-state index contributed by atoms with van der Waals surface area (Å²) in [6.45, 7) is 5.65. The molecule has 0 amide bonds. The quantitative estimate of drug-likeness (QED) is 0.606. The minimum Gasteiger partial charge on any atom is -0.233 e. The van der Waals surface area contributed by atoms with Crippen molar-refractivity contribution in [2.24, 2.45) is 0 Å². The molecule has 0 saturated carbocycles. The second-order valence-electron chi connectivity index (χ2n) is 3.76. The van der Waals surface area contributed by atoms with Crippen molar-refractivity contribution in [2.75, 3.05) is 0 Å². The molecule has 0 fully saturated rings. The Morgan fingerprint density at radius 2 is 1.94 bits per heavy atom. The molecule has 0 aliphatic rings. The van der Waals surface area contributed by atoms with Crippen molar-refractivity contribution in [1.29, 1.82) is 0 Å². The third kappa shape index (κ3) is 2.53. The van der Waals surface area contributed by atoms with Gasteiger partial charge in [-0.15, -0.1) is 6.58 Å². The molecule has 2 aromatic rings. The number of allylic oxidation sites excluding steroid dienone is 1. The van der Waals surface area contributed by atoms with Crippen LogP contribution in [-0.2, 0) is 6.42 Å². The molecule has 0 bridgehead atoms. The second kappa shape index (κ2) is 5.11. The highest BCUT2D eigenvalue weighted by molar-refractivity contribution is 6.30. The molecule has 0 N–H and O–H groups in total. The largest absolute Gasteiger partial charge is 0.233 e. The van der Waals surface area contributed by atoms with E-state index in [0.717, 1.165) is 16.8 Å². The Balaban J connectivity index is 2.49. The number of aryl methyl sites for hydroxylation is 1. The highest BCUT2D eigenvalue weighted by atomic mass is 35.5. The summed E-state index contributed by atoms with van der Waals surface area (Å²) in [6.07, 6.45) is 2.50. The van der Waals surface area contributed by atoms with Crippen LogP contribution in [0.15, 0.2) is 43.0 Å². The van der Waals surface area contributed by atoms with Crippen LogP contribution in [0.4, 0.5) is 0 Å². The number of rotatable bonds is 3. The SMILES string of the molecule is C=CCc1c(C)nc(-c2ccccc2)nc1Cl. The molecular weight excluding hydrogens is 232 g/mol. The Kier molecular flexibility index (Phi) is 3.55. The first-order valence-corrected chi connectivity index (χ1v) is 5.79. The van der Waals surface area contributed by atoms with E-state index in [1.807, 2.05) is 37.3 Å². The molecule has 0 aliphatic heterocycles. The molecule has 0 unspecified atom stereocenters. The fraction of sp³-hybridized carbons (Fsp3) is 0.143. The van der Waals surface area contributed by atoms with Crippen molar-refractivity contribution < 1.29 is 0 Å². The van der Waals surface area contributed by atoms with Crippen LogP contribution in [0, 0.1) is 6.92 Å². The highest BCUT2D eigenvalue weighted by Crippen LogP contribution is 2.22. The lowest BCUT2D eigenvalue weighted by atomic mass is 10.1. The third-order valence-electron chi connectivity index (χ3n) is 2.54. The van der Waals surface area contributed by atoms with Gasteiger partial charge in [0.25, 0.3) is 0 Å². The molecule has 0 saturated heterocycles. The summed E-state index contributed by atoms with van der Waals surface area (Å²) in [7, 11) is 0. The maximum Gasteiger partial charge on any atom is 0.161 e. The topological polar surface area (TPSA) is 25.8 Å². The summed E-state index contributed by atoms with van der Waals surface area (Å²) in [6, 6.07) is 9.82. The average molecular weight is 245 g/mol. The fourth-order valence-corrected chi connectivity index (χ4v) is 1.95. The van der Waals surface area contributed by atoms with Crippen molar-refractivity contribution in [3.05, 3.63) is 59.4 Å². The van der Waals surface area contributed by atoms with Gasteiger partial charge in [-0.25, -0.2) is 9.97 Å². The summed E-state index contributed by atoms with van der Waals surface area (Å²) in [5.41, 5.74) is 2.83. The van der Waals surface area contributed by atoms with Gasteiger partial charge in [-0.2, -0.15) is 0 Å². The molecule has 0 radical (unpaired) electrons. The van der Waals surface area contributed by atoms with Gasteiger partial charge in [-0.05, 0) is 13.3 Å². The number of aromatic nitrogens is 2. The molecule has 3 heteroatoms. The molecule has 86 valence electrons. The van der Waals surface area contributed by atoms with Crippen LogP contribution in [-0.4, -0.2) is 9.97 Å². The number of benzene rings is 1. The van der Waals surface area contributed by atoms with Crippen molar-refractivity contribution in [3.8, 4) is 11.4 Å². The Morgan fingerprint density at radius 3 is 2.53 bits per heavy atom. The lowest BCUT2D eigenvalue weighted by Crippen LogP contribution is -1.99. The minimum atomic E-state index is 0.510. The normalized spacial score (nSPS) is 10.2. The Morgan fingerprint density at radius 1 is 1.24 bits per heavy atom. The van der Waals surface area contributed by atoms with E-state index in [-0.39, 0.29) is 0 Å². The minimum absolute atomic E-state index is 0.510. The molecule has 1 aromatic heterocycles. The van der Waals surface area contributed by atoms with Gasteiger partial charge in [0.05, 0.1) is 0 Å². The van der Waals surface area contributed by atoms with Crippen LogP contribution in [0.1, 0.15) is 11.3 Å². The van der Waals surface area contributed by atoms with E-state index in [2.05, 4.69) is 16.5 Å². The van der Waals surface area contributed by atoms with E-state index in [0.29, 0.717) is 17.4 Å². The molecule has 17 heavy (non-hydrogen) atoms. The Hall–Kier alpha value is -1.67. The molecule has 0 spiro atoms. The van der Waals surface area contributed by atoms with Gasteiger partial charge in [0.2, 0.25) is 0 Å². The van der Waals surface area contributed by atoms with Crippen LogP contribution in [0.2, 0.25) is 5.15 Å². The van der Waals surface area contributed by atoms with Gasteiger partial charge in [0.15, 0.2) is 5.82 Å². The highest BCUT2D eigenvalue weighted by Gasteiger charge is 2.09. The number of nitrogens with zero attached hydrogens (tertiary/aromatic N) is 2. The molecule has 1 heterocycles. The van der Waals surface area contributed by atoms with Gasteiger partial charge >= 0.3 is 0 Å². The standard InChI is InChI=1S/C14H13ClN2/c1-3-7-12-10(2)16-14(17-13(12)15)11-8-5-4-6-9-11/h3-6,8-9H,1,7H2,2H3. The van der Waals surface area contributed by atoms with E-state index in [1.165, 1.54) is 0 Å². The zero-order valence-corrected chi connectivity index (χ0v) is 10.4. The number of hydrogen-bond acceptors (Lipinski definition) is 2. The van der Waals surface area contributed by atoms with E-state index in [1.54, 1.807) is 6.08 Å². The number of hydrogen-bond donors (Lipinski definition) is 0. The lowest BCUT2D eigenvalue weighted by Gasteiger charge is -2.07. The van der Waals surface area contributed by atoms with Crippen molar-refractivity contribution in [1.82, 2.24) is 9.97 Å². The van der Waals surface area contributed by atoms with Gasteiger partial charge in [0, 0.05) is 16.8 Å². The average Bonchev–Trinajstić information content (AvgIpc) is 2.35. The monoisotopic (exact) mass is 244 g/mol. The summed E-state index contributed by atoms with van der Waals surface area (Å²) >= 11 is 6.16.